The second kappa shape index (κ2) is 6.38. The van der Waals surface area contributed by atoms with Crippen LogP contribution in [0, 0.1) is 0 Å². The summed E-state index contributed by atoms with van der Waals surface area (Å²) in [6, 6.07) is 0.734. The van der Waals surface area contributed by atoms with Crippen LogP contribution >= 0.6 is 0 Å². The van der Waals surface area contributed by atoms with Crippen LogP contribution in [-0.2, 0) is 4.74 Å². The second-order valence-corrected chi connectivity index (χ2v) is 4.07. The molecule has 2 unspecified atom stereocenters. The first-order chi connectivity index (χ1) is 6.81. The lowest BCUT2D eigenvalue weighted by Crippen LogP contribution is -2.49. The second-order valence-electron chi connectivity index (χ2n) is 4.07. The minimum absolute atomic E-state index is 0.259. The van der Waals surface area contributed by atoms with Crippen molar-refractivity contribution >= 4 is 0 Å². The molecule has 84 valence electrons. The van der Waals surface area contributed by atoms with Gasteiger partial charge in [0, 0.05) is 25.7 Å². The molecule has 0 amide bonds. The van der Waals surface area contributed by atoms with Crippen LogP contribution in [0.5, 0.6) is 0 Å². The minimum Gasteiger partial charge on any atom is -0.374 e. The first kappa shape index (κ1) is 12.0. The third-order valence-electron chi connectivity index (χ3n) is 3.04. The van der Waals surface area contributed by atoms with Crippen LogP contribution < -0.4 is 5.73 Å². The highest BCUT2D eigenvalue weighted by Crippen LogP contribution is 2.14. The molecule has 3 heteroatoms. The van der Waals surface area contributed by atoms with Gasteiger partial charge in [0.15, 0.2) is 0 Å². The van der Waals surface area contributed by atoms with Crippen molar-refractivity contribution in [3.05, 3.63) is 0 Å². The van der Waals surface area contributed by atoms with E-state index in [1.165, 1.54) is 19.3 Å². The van der Waals surface area contributed by atoms with Gasteiger partial charge in [0.1, 0.15) is 0 Å². The van der Waals surface area contributed by atoms with Crippen LogP contribution in [0.25, 0.3) is 0 Å². The van der Waals surface area contributed by atoms with Gasteiger partial charge in [-0.15, -0.1) is 0 Å². The Balaban J connectivity index is 2.40. The zero-order valence-electron chi connectivity index (χ0n) is 9.54. The third kappa shape index (κ3) is 3.23. The van der Waals surface area contributed by atoms with Crippen LogP contribution in [0.3, 0.4) is 0 Å². The van der Waals surface area contributed by atoms with Gasteiger partial charge in [0.2, 0.25) is 0 Å². The van der Waals surface area contributed by atoms with E-state index in [2.05, 4.69) is 18.7 Å². The van der Waals surface area contributed by atoms with Gasteiger partial charge < -0.3 is 10.5 Å². The summed E-state index contributed by atoms with van der Waals surface area (Å²) >= 11 is 0. The lowest BCUT2D eigenvalue weighted by Gasteiger charge is -2.37. The molecule has 3 nitrogen and oxygen atoms in total. The Labute approximate surface area is 87.6 Å². The van der Waals surface area contributed by atoms with Gasteiger partial charge in [-0.1, -0.05) is 20.3 Å². The highest BCUT2D eigenvalue weighted by atomic mass is 16.5. The zero-order chi connectivity index (χ0) is 10.4. The predicted molar refractivity (Wildman–Crippen MR) is 59.4 cm³/mol. The molecule has 1 rings (SSSR count). The SMILES string of the molecule is CCCC(CC)N1CCOC(CN)C1. The number of hydrogen-bond acceptors (Lipinski definition) is 3. The van der Waals surface area contributed by atoms with Crippen molar-refractivity contribution in [2.24, 2.45) is 5.73 Å². The number of hydrogen-bond donors (Lipinski definition) is 1. The molecule has 0 saturated carbocycles. The van der Waals surface area contributed by atoms with E-state index in [-0.39, 0.29) is 6.10 Å². The van der Waals surface area contributed by atoms with E-state index in [1.54, 1.807) is 0 Å². The molecule has 1 aliphatic rings. The zero-order valence-corrected chi connectivity index (χ0v) is 9.54. The van der Waals surface area contributed by atoms with Crippen molar-refractivity contribution in [2.45, 2.75) is 45.3 Å². The molecule has 0 spiro atoms. The molecule has 0 aromatic heterocycles. The number of nitrogens with two attached hydrogens (primary N) is 1. The molecule has 1 heterocycles. The van der Waals surface area contributed by atoms with Crippen molar-refractivity contribution < 1.29 is 4.74 Å². The van der Waals surface area contributed by atoms with E-state index in [1.807, 2.05) is 0 Å². The Hall–Kier alpha value is -0.120. The number of ether oxygens (including phenoxy) is 1. The Morgan fingerprint density at radius 1 is 1.50 bits per heavy atom. The Morgan fingerprint density at radius 2 is 2.29 bits per heavy atom. The summed E-state index contributed by atoms with van der Waals surface area (Å²) in [5.74, 6) is 0. The number of nitrogens with zero attached hydrogens (tertiary/aromatic N) is 1. The topological polar surface area (TPSA) is 38.5 Å². The molecular weight excluding hydrogens is 176 g/mol. The Kier molecular flexibility index (Phi) is 5.45. The highest BCUT2D eigenvalue weighted by Gasteiger charge is 2.23. The molecule has 14 heavy (non-hydrogen) atoms. The number of morpholine rings is 1. The molecule has 1 saturated heterocycles. The van der Waals surface area contributed by atoms with Crippen molar-refractivity contribution in [1.82, 2.24) is 4.90 Å². The van der Waals surface area contributed by atoms with E-state index in [0.29, 0.717) is 6.54 Å². The fourth-order valence-electron chi connectivity index (χ4n) is 2.19. The maximum absolute atomic E-state index is 5.63. The van der Waals surface area contributed by atoms with Crippen molar-refractivity contribution in [1.29, 1.82) is 0 Å². The van der Waals surface area contributed by atoms with Crippen LogP contribution in [0.1, 0.15) is 33.1 Å². The van der Waals surface area contributed by atoms with Gasteiger partial charge in [-0.2, -0.15) is 0 Å². The summed E-state index contributed by atoms with van der Waals surface area (Å²) in [5, 5.41) is 0. The van der Waals surface area contributed by atoms with E-state index in [0.717, 1.165) is 25.7 Å². The van der Waals surface area contributed by atoms with E-state index < -0.39 is 0 Å². The quantitative estimate of drug-likeness (QED) is 0.725. The lowest BCUT2D eigenvalue weighted by molar-refractivity contribution is -0.0401. The van der Waals surface area contributed by atoms with Gasteiger partial charge in [-0.3, -0.25) is 4.90 Å². The first-order valence-corrected chi connectivity index (χ1v) is 5.87. The van der Waals surface area contributed by atoms with Gasteiger partial charge in [-0.25, -0.2) is 0 Å². The predicted octanol–water partition coefficient (Wildman–Crippen LogP) is 1.22. The van der Waals surface area contributed by atoms with Crippen LogP contribution in [0.2, 0.25) is 0 Å². The highest BCUT2D eigenvalue weighted by molar-refractivity contribution is 4.77. The first-order valence-electron chi connectivity index (χ1n) is 5.87. The van der Waals surface area contributed by atoms with Crippen molar-refractivity contribution in [2.75, 3.05) is 26.2 Å². The molecule has 0 aromatic carbocycles. The van der Waals surface area contributed by atoms with Gasteiger partial charge >= 0.3 is 0 Å². The largest absolute Gasteiger partial charge is 0.374 e. The molecule has 0 bridgehead atoms. The summed E-state index contributed by atoms with van der Waals surface area (Å²) in [5.41, 5.74) is 5.63. The number of rotatable bonds is 5. The standard InChI is InChI=1S/C11H24N2O/c1-3-5-10(4-2)13-6-7-14-11(8-12)9-13/h10-11H,3-9,12H2,1-2H3. The normalized spacial score (nSPS) is 26.4. The molecule has 2 N–H and O–H groups in total. The van der Waals surface area contributed by atoms with Gasteiger partial charge in [-0.05, 0) is 12.8 Å². The summed E-state index contributed by atoms with van der Waals surface area (Å²) in [7, 11) is 0. The smallest absolute Gasteiger partial charge is 0.0824 e. The van der Waals surface area contributed by atoms with Crippen LogP contribution in [0.15, 0.2) is 0 Å². The maximum Gasteiger partial charge on any atom is 0.0824 e. The summed E-state index contributed by atoms with van der Waals surface area (Å²) in [4.78, 5) is 2.55. The maximum atomic E-state index is 5.63. The Bertz CT molecular complexity index is 152. The third-order valence-corrected chi connectivity index (χ3v) is 3.04. The summed E-state index contributed by atoms with van der Waals surface area (Å²) in [6.07, 6.45) is 4.07. The van der Waals surface area contributed by atoms with E-state index in [4.69, 9.17) is 10.5 Å². The van der Waals surface area contributed by atoms with E-state index >= 15 is 0 Å². The van der Waals surface area contributed by atoms with E-state index in [9.17, 15) is 0 Å². The fraction of sp³-hybridized carbons (Fsp3) is 1.00. The molecule has 1 fully saturated rings. The molecule has 0 radical (unpaired) electrons. The molecule has 2 atom stereocenters. The monoisotopic (exact) mass is 200 g/mol. The average Bonchev–Trinajstić information content (AvgIpc) is 2.26. The average molecular weight is 200 g/mol. The minimum atomic E-state index is 0.259. The molecule has 0 aliphatic carbocycles. The summed E-state index contributed by atoms with van der Waals surface area (Å²) < 4.78 is 5.56. The molecule has 0 aromatic rings. The van der Waals surface area contributed by atoms with Crippen LogP contribution in [-0.4, -0.2) is 43.3 Å². The molecular formula is C11H24N2O. The van der Waals surface area contributed by atoms with Crippen LogP contribution in [0.4, 0.5) is 0 Å². The van der Waals surface area contributed by atoms with Gasteiger partial charge in [0.05, 0.1) is 12.7 Å². The lowest BCUT2D eigenvalue weighted by atomic mass is 10.1. The fourth-order valence-corrected chi connectivity index (χ4v) is 2.19. The van der Waals surface area contributed by atoms with Crippen molar-refractivity contribution in [3.8, 4) is 0 Å². The van der Waals surface area contributed by atoms with Crippen molar-refractivity contribution in [3.63, 3.8) is 0 Å². The van der Waals surface area contributed by atoms with Gasteiger partial charge in [0.25, 0.3) is 0 Å². The Morgan fingerprint density at radius 3 is 2.86 bits per heavy atom. The summed E-state index contributed by atoms with van der Waals surface area (Å²) in [6.45, 7) is 8.13. The molecule has 1 aliphatic heterocycles.